The number of hydrogen-bond acceptors (Lipinski definition) is 3. The zero-order chi connectivity index (χ0) is 11.1. The maximum atomic E-state index is 4.35. The van der Waals surface area contributed by atoms with Crippen LogP contribution >= 0.6 is 0 Å². The predicted molar refractivity (Wildman–Crippen MR) is 62.8 cm³/mol. The molecule has 0 radical (unpaired) electrons. The fraction of sp³-hybridized carbons (Fsp3) is 0.727. The highest BCUT2D eigenvalue weighted by Crippen LogP contribution is 1.97. The van der Waals surface area contributed by atoms with Crippen molar-refractivity contribution in [1.29, 1.82) is 0 Å². The minimum Gasteiger partial charge on any atom is -0.333 e. The van der Waals surface area contributed by atoms with E-state index in [0.29, 0.717) is 0 Å². The van der Waals surface area contributed by atoms with E-state index in [1.165, 1.54) is 6.42 Å². The summed E-state index contributed by atoms with van der Waals surface area (Å²) in [5.41, 5.74) is 0. The van der Waals surface area contributed by atoms with Crippen molar-refractivity contribution in [2.75, 3.05) is 27.2 Å². The first-order chi connectivity index (χ1) is 7.24. The smallest absolute Gasteiger partial charge is 0.122 e. The molecule has 0 aliphatic heterocycles. The van der Waals surface area contributed by atoms with E-state index in [0.717, 1.165) is 32.0 Å². The fourth-order valence-corrected chi connectivity index (χ4v) is 1.40. The van der Waals surface area contributed by atoms with Gasteiger partial charge in [0.2, 0.25) is 0 Å². The fourth-order valence-electron chi connectivity index (χ4n) is 1.40. The normalized spacial score (nSPS) is 11.2. The van der Waals surface area contributed by atoms with Gasteiger partial charge in [-0.2, -0.15) is 0 Å². The Balaban J connectivity index is 2.39. The van der Waals surface area contributed by atoms with Crippen LogP contribution in [0.4, 0.5) is 0 Å². The van der Waals surface area contributed by atoms with Gasteiger partial charge < -0.3 is 14.8 Å². The summed E-state index contributed by atoms with van der Waals surface area (Å²) in [7, 11) is 4.18. The first-order valence-corrected chi connectivity index (χ1v) is 5.59. The Hall–Kier alpha value is -0.870. The summed E-state index contributed by atoms with van der Waals surface area (Å²) >= 11 is 0. The molecule has 0 saturated heterocycles. The van der Waals surface area contributed by atoms with E-state index >= 15 is 0 Å². The molecule has 1 aromatic rings. The maximum absolute atomic E-state index is 4.35. The second-order valence-corrected chi connectivity index (χ2v) is 4.02. The molecule has 1 N–H and O–H groups in total. The van der Waals surface area contributed by atoms with Crippen LogP contribution in [0.3, 0.4) is 0 Å². The minimum absolute atomic E-state index is 0.869. The van der Waals surface area contributed by atoms with E-state index in [4.69, 9.17) is 0 Å². The van der Waals surface area contributed by atoms with Crippen molar-refractivity contribution in [3.05, 3.63) is 18.2 Å². The number of nitrogens with one attached hydrogen (secondary N) is 1. The van der Waals surface area contributed by atoms with Crippen LogP contribution in [0.15, 0.2) is 12.4 Å². The Kier molecular flexibility index (Phi) is 5.36. The van der Waals surface area contributed by atoms with Gasteiger partial charge in [-0.25, -0.2) is 4.98 Å². The Morgan fingerprint density at radius 2 is 2.27 bits per heavy atom. The van der Waals surface area contributed by atoms with E-state index in [1.807, 2.05) is 12.4 Å². The Morgan fingerprint density at radius 3 is 2.93 bits per heavy atom. The first kappa shape index (κ1) is 12.2. The molecule has 0 amide bonds. The van der Waals surface area contributed by atoms with Gasteiger partial charge in [-0.15, -0.1) is 0 Å². The van der Waals surface area contributed by atoms with Crippen molar-refractivity contribution in [2.45, 2.75) is 26.4 Å². The molecule has 86 valence electrons. The molecule has 1 heterocycles. The molecule has 1 aromatic heterocycles. The molecular formula is C11H22N4. The van der Waals surface area contributed by atoms with Crippen LogP contribution in [0.5, 0.6) is 0 Å². The summed E-state index contributed by atoms with van der Waals surface area (Å²) in [6.07, 6.45) is 5.09. The molecule has 0 aromatic carbocycles. The Morgan fingerprint density at radius 1 is 1.47 bits per heavy atom. The average molecular weight is 210 g/mol. The van der Waals surface area contributed by atoms with Crippen LogP contribution < -0.4 is 5.32 Å². The van der Waals surface area contributed by atoms with Crippen molar-refractivity contribution < 1.29 is 0 Å². The zero-order valence-electron chi connectivity index (χ0n) is 10.0. The number of imidazole rings is 1. The van der Waals surface area contributed by atoms with Gasteiger partial charge in [-0.3, -0.25) is 0 Å². The van der Waals surface area contributed by atoms with Crippen molar-refractivity contribution in [3.8, 4) is 0 Å². The molecule has 0 spiro atoms. The largest absolute Gasteiger partial charge is 0.333 e. The van der Waals surface area contributed by atoms with E-state index in [2.05, 4.69) is 40.8 Å². The van der Waals surface area contributed by atoms with Crippen LogP contribution in [0.1, 0.15) is 19.2 Å². The summed E-state index contributed by atoms with van der Waals surface area (Å²) in [5, 5.41) is 3.37. The lowest BCUT2D eigenvalue weighted by Crippen LogP contribution is -2.22. The van der Waals surface area contributed by atoms with Crippen LogP contribution in [0, 0.1) is 0 Å². The lowest BCUT2D eigenvalue weighted by atomic mass is 10.4. The van der Waals surface area contributed by atoms with Crippen LogP contribution in [0.2, 0.25) is 0 Å². The van der Waals surface area contributed by atoms with Crippen molar-refractivity contribution >= 4 is 0 Å². The monoisotopic (exact) mass is 210 g/mol. The topological polar surface area (TPSA) is 33.1 Å². The molecule has 0 saturated carbocycles. The highest BCUT2D eigenvalue weighted by Gasteiger charge is 2.01. The molecule has 15 heavy (non-hydrogen) atoms. The van der Waals surface area contributed by atoms with E-state index in [-0.39, 0.29) is 0 Å². The maximum Gasteiger partial charge on any atom is 0.122 e. The van der Waals surface area contributed by atoms with Gasteiger partial charge in [0, 0.05) is 25.5 Å². The number of aromatic nitrogens is 2. The van der Waals surface area contributed by atoms with Gasteiger partial charge in [0.25, 0.3) is 0 Å². The highest BCUT2D eigenvalue weighted by molar-refractivity contribution is 4.91. The van der Waals surface area contributed by atoms with Gasteiger partial charge in [-0.1, -0.05) is 6.92 Å². The molecule has 4 heteroatoms. The third-order valence-electron chi connectivity index (χ3n) is 2.30. The van der Waals surface area contributed by atoms with Crippen LogP contribution in [-0.4, -0.2) is 41.6 Å². The van der Waals surface area contributed by atoms with Crippen molar-refractivity contribution in [3.63, 3.8) is 0 Å². The summed E-state index contributed by atoms with van der Waals surface area (Å²) in [6, 6.07) is 0. The standard InChI is InChI=1S/C11H22N4/c1-4-5-12-10-11-13-6-7-15(11)9-8-14(2)3/h6-7,12H,4-5,8-10H2,1-3H3. The molecule has 0 atom stereocenters. The van der Waals surface area contributed by atoms with E-state index < -0.39 is 0 Å². The number of likely N-dealkylation sites (N-methyl/N-ethyl adjacent to an activating group) is 1. The van der Waals surface area contributed by atoms with Gasteiger partial charge in [0.15, 0.2) is 0 Å². The number of nitrogens with zero attached hydrogens (tertiary/aromatic N) is 3. The number of hydrogen-bond donors (Lipinski definition) is 1. The molecule has 1 rings (SSSR count). The Bertz CT molecular complexity index is 267. The summed E-state index contributed by atoms with van der Waals surface area (Å²) < 4.78 is 2.21. The average Bonchev–Trinajstić information content (AvgIpc) is 2.63. The van der Waals surface area contributed by atoms with Crippen molar-refractivity contribution in [2.24, 2.45) is 0 Å². The molecule has 4 nitrogen and oxygen atoms in total. The SMILES string of the molecule is CCCNCc1nccn1CCN(C)C. The lowest BCUT2D eigenvalue weighted by molar-refractivity contribution is 0.379. The van der Waals surface area contributed by atoms with Gasteiger partial charge in [-0.05, 0) is 27.1 Å². The summed E-state index contributed by atoms with van der Waals surface area (Å²) in [5.74, 6) is 1.13. The van der Waals surface area contributed by atoms with Gasteiger partial charge >= 0.3 is 0 Å². The second kappa shape index (κ2) is 6.58. The zero-order valence-corrected chi connectivity index (χ0v) is 10.0. The molecule has 0 bridgehead atoms. The highest BCUT2D eigenvalue weighted by atomic mass is 15.1. The first-order valence-electron chi connectivity index (χ1n) is 5.59. The van der Waals surface area contributed by atoms with E-state index in [1.54, 1.807) is 0 Å². The van der Waals surface area contributed by atoms with Gasteiger partial charge in [0.05, 0.1) is 6.54 Å². The van der Waals surface area contributed by atoms with Crippen molar-refractivity contribution in [1.82, 2.24) is 19.8 Å². The summed E-state index contributed by atoms with van der Waals surface area (Å²) in [6.45, 7) is 6.16. The number of rotatable bonds is 7. The van der Waals surface area contributed by atoms with Gasteiger partial charge in [0.1, 0.15) is 5.82 Å². The minimum atomic E-state index is 0.869. The quantitative estimate of drug-likeness (QED) is 0.680. The molecular weight excluding hydrogens is 188 g/mol. The molecule has 0 aliphatic carbocycles. The third-order valence-corrected chi connectivity index (χ3v) is 2.30. The second-order valence-electron chi connectivity index (χ2n) is 4.02. The molecule has 0 aliphatic rings. The molecule has 0 unspecified atom stereocenters. The Labute approximate surface area is 92.3 Å². The summed E-state index contributed by atoms with van der Waals surface area (Å²) in [4.78, 5) is 6.53. The third kappa shape index (κ3) is 4.44. The molecule has 0 fully saturated rings. The predicted octanol–water partition coefficient (Wildman–Crippen LogP) is 0.944. The lowest BCUT2D eigenvalue weighted by Gasteiger charge is -2.12. The van der Waals surface area contributed by atoms with E-state index in [9.17, 15) is 0 Å². The van der Waals surface area contributed by atoms with Crippen LogP contribution in [0.25, 0.3) is 0 Å². The van der Waals surface area contributed by atoms with Crippen LogP contribution in [-0.2, 0) is 13.1 Å².